The molecule has 0 bridgehead atoms. The lowest BCUT2D eigenvalue weighted by atomic mass is 10.1. The second kappa shape index (κ2) is 25.8. The Kier molecular flexibility index (Phi) is 20.4. The molecule has 56 heavy (non-hydrogen) atoms. The number of benzene rings is 4. The molecule has 0 saturated heterocycles. The smallest absolute Gasteiger partial charge is 0.343 e. The number of ether oxygens (including phenoxy) is 2. The van der Waals surface area contributed by atoms with E-state index in [2.05, 4.69) is 29.0 Å². The minimum Gasteiger partial charge on any atom is -0.423 e. The number of hydrogen-bond donors (Lipinski definition) is 0. The summed E-state index contributed by atoms with van der Waals surface area (Å²) in [7, 11) is 0. The lowest BCUT2D eigenvalue weighted by Gasteiger charge is -2.23. The maximum atomic E-state index is 13.1. The molecule has 0 aliphatic rings. The van der Waals surface area contributed by atoms with Gasteiger partial charge in [-0.25, -0.2) is 9.59 Å². The van der Waals surface area contributed by atoms with Crippen molar-refractivity contribution in [2.75, 3.05) is 13.1 Å². The molecule has 0 saturated carbocycles. The summed E-state index contributed by atoms with van der Waals surface area (Å²) in [6, 6.07) is 26.5. The van der Waals surface area contributed by atoms with Crippen molar-refractivity contribution < 1.29 is 19.1 Å². The Morgan fingerprint density at radius 1 is 0.554 bits per heavy atom. The highest BCUT2D eigenvalue weighted by molar-refractivity contribution is 6.30. The van der Waals surface area contributed by atoms with Crippen LogP contribution in [0.4, 0.5) is 11.4 Å². The summed E-state index contributed by atoms with van der Waals surface area (Å²) in [5, 5.41) is 9.81. The number of esters is 2. The van der Waals surface area contributed by atoms with Crippen LogP contribution in [0.5, 0.6) is 11.5 Å². The Morgan fingerprint density at radius 3 is 1.55 bits per heavy atom. The standard InChI is InChI=1S/C48H62ClN3O4/c1-4-6-8-10-12-14-16-18-34-52(35-19-17-15-13-11-9-7-5-2)37-41-36-45(56-48(54)40-24-26-42(49)27-25-40)32-33-46(41)51-50-43-28-30-44(31-29-43)55-47(53)39-22-20-38(3)21-23-39/h20-33,36H,4-19,34-35,37H2,1-3H3. The Hall–Kier alpha value is -4.33. The van der Waals surface area contributed by atoms with Crippen molar-refractivity contribution in [2.45, 2.75) is 130 Å². The minimum absolute atomic E-state index is 0.413. The second-order valence-electron chi connectivity index (χ2n) is 14.9. The average Bonchev–Trinajstić information content (AvgIpc) is 3.20. The van der Waals surface area contributed by atoms with Gasteiger partial charge in [-0.3, -0.25) is 4.90 Å². The third-order valence-electron chi connectivity index (χ3n) is 10.00. The van der Waals surface area contributed by atoms with Crippen molar-refractivity contribution in [3.63, 3.8) is 0 Å². The molecule has 4 aromatic carbocycles. The fraction of sp³-hybridized carbons (Fsp3) is 0.458. The molecule has 0 unspecified atom stereocenters. The van der Waals surface area contributed by atoms with E-state index in [4.69, 9.17) is 21.1 Å². The molecule has 4 aromatic rings. The van der Waals surface area contributed by atoms with Crippen molar-refractivity contribution >= 4 is 34.9 Å². The number of carbonyl (C=O) groups excluding carboxylic acids is 2. The van der Waals surface area contributed by atoms with Gasteiger partial charge in [0.15, 0.2) is 0 Å². The Bertz CT molecular complexity index is 1740. The van der Waals surface area contributed by atoms with Crippen LogP contribution in [0.2, 0.25) is 5.02 Å². The van der Waals surface area contributed by atoms with Gasteiger partial charge in [-0.2, -0.15) is 10.2 Å². The van der Waals surface area contributed by atoms with Gasteiger partial charge in [-0.1, -0.05) is 133 Å². The summed E-state index contributed by atoms with van der Waals surface area (Å²) in [5.41, 5.74) is 4.28. The van der Waals surface area contributed by atoms with Gasteiger partial charge in [-0.15, -0.1) is 0 Å². The van der Waals surface area contributed by atoms with Gasteiger partial charge in [0, 0.05) is 11.6 Å². The molecule has 0 fully saturated rings. The molecule has 0 aliphatic carbocycles. The predicted octanol–water partition coefficient (Wildman–Crippen LogP) is 14.6. The molecule has 8 heteroatoms. The number of unbranched alkanes of at least 4 members (excludes halogenated alkanes) is 14. The molecule has 0 aliphatic heterocycles. The molecule has 0 N–H and O–H groups in total. The molecular formula is C48H62ClN3O4. The van der Waals surface area contributed by atoms with E-state index < -0.39 is 11.9 Å². The van der Waals surface area contributed by atoms with E-state index in [9.17, 15) is 9.59 Å². The van der Waals surface area contributed by atoms with E-state index in [0.717, 1.165) is 37.1 Å². The lowest BCUT2D eigenvalue weighted by Crippen LogP contribution is -2.26. The van der Waals surface area contributed by atoms with Crippen LogP contribution >= 0.6 is 11.6 Å². The highest BCUT2D eigenvalue weighted by atomic mass is 35.5. The largest absolute Gasteiger partial charge is 0.423 e. The molecule has 0 atom stereocenters. The molecular weight excluding hydrogens is 718 g/mol. The molecule has 300 valence electrons. The summed E-state index contributed by atoms with van der Waals surface area (Å²) in [6.07, 6.45) is 20.4. The van der Waals surface area contributed by atoms with E-state index >= 15 is 0 Å². The monoisotopic (exact) mass is 779 g/mol. The van der Waals surface area contributed by atoms with Crippen LogP contribution in [-0.4, -0.2) is 29.9 Å². The highest BCUT2D eigenvalue weighted by Crippen LogP contribution is 2.30. The topological polar surface area (TPSA) is 80.6 Å². The van der Waals surface area contributed by atoms with Crippen molar-refractivity contribution in [1.29, 1.82) is 0 Å². The fourth-order valence-corrected chi connectivity index (χ4v) is 6.72. The number of azo groups is 1. The zero-order valence-corrected chi connectivity index (χ0v) is 34.7. The van der Waals surface area contributed by atoms with Crippen LogP contribution in [0.3, 0.4) is 0 Å². The Balaban J connectivity index is 1.48. The van der Waals surface area contributed by atoms with Gasteiger partial charge in [-0.05, 0) is 117 Å². The molecule has 0 radical (unpaired) electrons. The first kappa shape index (κ1) is 44.4. The number of halogens is 1. The van der Waals surface area contributed by atoms with Crippen LogP contribution < -0.4 is 9.47 Å². The normalized spacial score (nSPS) is 11.4. The van der Waals surface area contributed by atoms with E-state index in [1.165, 1.54) is 89.9 Å². The molecule has 0 amide bonds. The molecule has 7 nitrogen and oxygen atoms in total. The summed E-state index contributed by atoms with van der Waals surface area (Å²) in [6.45, 7) is 9.17. The quantitative estimate of drug-likeness (QED) is 0.0274. The van der Waals surface area contributed by atoms with Crippen LogP contribution in [0.15, 0.2) is 101 Å². The van der Waals surface area contributed by atoms with Crippen LogP contribution in [0.1, 0.15) is 148 Å². The third-order valence-corrected chi connectivity index (χ3v) is 10.3. The van der Waals surface area contributed by atoms with Crippen LogP contribution in [0.25, 0.3) is 0 Å². The predicted molar refractivity (Wildman–Crippen MR) is 230 cm³/mol. The number of rotatable bonds is 26. The van der Waals surface area contributed by atoms with E-state index in [1.807, 2.05) is 31.2 Å². The summed E-state index contributed by atoms with van der Waals surface area (Å²) < 4.78 is 11.4. The number of hydrogen-bond acceptors (Lipinski definition) is 7. The molecule has 0 heterocycles. The van der Waals surface area contributed by atoms with Crippen molar-refractivity contribution in [1.82, 2.24) is 4.90 Å². The number of nitrogens with zero attached hydrogens (tertiary/aromatic N) is 3. The maximum absolute atomic E-state index is 13.1. The molecule has 0 spiro atoms. The van der Waals surface area contributed by atoms with Gasteiger partial charge < -0.3 is 9.47 Å². The zero-order chi connectivity index (χ0) is 39.8. The summed E-state index contributed by atoms with van der Waals surface area (Å²) in [5.74, 6) is 0.0293. The van der Waals surface area contributed by atoms with Gasteiger partial charge in [0.2, 0.25) is 0 Å². The van der Waals surface area contributed by atoms with Crippen LogP contribution in [0, 0.1) is 6.92 Å². The van der Waals surface area contributed by atoms with Gasteiger partial charge in [0.25, 0.3) is 0 Å². The first-order chi connectivity index (χ1) is 27.3. The average molecular weight is 780 g/mol. The number of carbonyl (C=O) groups is 2. The third kappa shape index (κ3) is 16.8. The molecule has 0 aromatic heterocycles. The van der Waals surface area contributed by atoms with Crippen LogP contribution in [-0.2, 0) is 6.54 Å². The zero-order valence-electron chi connectivity index (χ0n) is 33.9. The summed E-state index contributed by atoms with van der Waals surface area (Å²) >= 11 is 6.05. The van der Waals surface area contributed by atoms with Crippen molar-refractivity contribution in [3.8, 4) is 11.5 Å². The summed E-state index contributed by atoms with van der Waals surface area (Å²) in [4.78, 5) is 28.2. The van der Waals surface area contributed by atoms with Gasteiger partial charge >= 0.3 is 11.9 Å². The van der Waals surface area contributed by atoms with Gasteiger partial charge in [0.05, 0.1) is 22.5 Å². The lowest BCUT2D eigenvalue weighted by molar-refractivity contribution is 0.0725. The highest BCUT2D eigenvalue weighted by Gasteiger charge is 2.15. The van der Waals surface area contributed by atoms with Crippen molar-refractivity contribution in [3.05, 3.63) is 118 Å². The second-order valence-corrected chi connectivity index (χ2v) is 15.3. The Labute approximate surface area is 340 Å². The molecule has 4 rings (SSSR count). The SMILES string of the molecule is CCCCCCCCCCN(CCCCCCCCCC)Cc1cc(OC(=O)c2ccc(Cl)cc2)ccc1N=Nc1ccc(OC(=O)c2ccc(C)cc2)cc1. The van der Waals surface area contributed by atoms with E-state index in [0.29, 0.717) is 45.6 Å². The van der Waals surface area contributed by atoms with E-state index in [-0.39, 0.29) is 0 Å². The minimum atomic E-state index is -0.445. The first-order valence-electron chi connectivity index (χ1n) is 21.0. The Morgan fingerprint density at radius 2 is 1.02 bits per heavy atom. The maximum Gasteiger partial charge on any atom is 0.343 e. The van der Waals surface area contributed by atoms with Gasteiger partial charge in [0.1, 0.15) is 11.5 Å². The van der Waals surface area contributed by atoms with Crippen molar-refractivity contribution in [2.24, 2.45) is 10.2 Å². The van der Waals surface area contributed by atoms with E-state index in [1.54, 1.807) is 66.7 Å². The number of aryl methyl sites for hydroxylation is 1. The fourth-order valence-electron chi connectivity index (χ4n) is 6.60. The first-order valence-corrected chi connectivity index (χ1v) is 21.4.